The molecule has 3 aliphatic rings. The van der Waals surface area contributed by atoms with Gasteiger partial charge in [0.1, 0.15) is 22.3 Å². The minimum absolute atomic E-state index is 0.0366. The van der Waals surface area contributed by atoms with Gasteiger partial charge in [-0.2, -0.15) is 0 Å². The lowest BCUT2D eigenvalue weighted by molar-refractivity contribution is -0.154. The van der Waals surface area contributed by atoms with Crippen LogP contribution in [0.25, 0.3) is 0 Å². The lowest BCUT2D eigenvalue weighted by Gasteiger charge is -2.37. The van der Waals surface area contributed by atoms with E-state index in [-0.39, 0.29) is 43.1 Å². The van der Waals surface area contributed by atoms with Crippen LogP contribution in [0.4, 0.5) is 0 Å². The molecule has 1 aromatic carbocycles. The van der Waals surface area contributed by atoms with Crippen LogP contribution in [-0.2, 0) is 41.6 Å². The molecule has 1 aromatic rings. The third-order valence-corrected chi connectivity index (χ3v) is 20.7. The second kappa shape index (κ2) is 32.2. The van der Waals surface area contributed by atoms with Crippen LogP contribution >= 0.6 is 0 Å². The van der Waals surface area contributed by atoms with Crippen molar-refractivity contribution in [2.45, 2.75) is 206 Å². The van der Waals surface area contributed by atoms with E-state index in [0.717, 1.165) is 107 Å². The van der Waals surface area contributed by atoms with Crippen molar-refractivity contribution >= 4 is 53.4 Å². The van der Waals surface area contributed by atoms with Crippen molar-refractivity contribution in [1.29, 1.82) is 0 Å². The van der Waals surface area contributed by atoms with Crippen LogP contribution in [0.3, 0.4) is 0 Å². The van der Waals surface area contributed by atoms with Crippen LogP contribution in [0, 0.1) is 35.0 Å². The van der Waals surface area contributed by atoms with Gasteiger partial charge in [-0.05, 0) is 137 Å². The highest BCUT2D eigenvalue weighted by Crippen LogP contribution is 2.42. The summed E-state index contributed by atoms with van der Waals surface area (Å²) >= 11 is 0. The molecule has 1 aliphatic heterocycles. The summed E-state index contributed by atoms with van der Waals surface area (Å²) in [4.78, 5) is 50.7. The van der Waals surface area contributed by atoms with Gasteiger partial charge >= 0.3 is 23.9 Å². The monoisotopic (exact) mass is 1000 g/mol. The first-order valence-corrected chi connectivity index (χ1v) is 30.9. The van der Waals surface area contributed by atoms with Gasteiger partial charge in [0, 0.05) is 17.4 Å². The Labute approximate surface area is 418 Å². The maximum absolute atomic E-state index is 13.1. The molecule has 1 saturated heterocycles. The highest BCUT2D eigenvalue weighted by molar-refractivity contribution is 6.59. The number of carbonyl (C=O) groups is 4. The first kappa shape index (κ1) is 57.8. The standard InChI is InChI=1S/C54H92O11Si3/c1-7-8-13-17-42-19-22-44(23-20-42)45-24-30-48(31-25-45)63-53(58)46-26-28-47(29-27-46)59-33-14-11-9-10-12-15-34-60-50(55)32-21-43-18-16-35-68(65-67-64-66)49(37-43)36-41(4)52(57)62-39-54(5,6)38-61-51(56)40(2)3/h26-29,41-45,48-49,68H,2,7-25,30-39,67H2,1,3-6,66H3/t41?,42-,43?,44-,45-,48-,49?,68?. The number of unbranched alkanes of at least 4 members (excludes halogenated alkanes) is 7. The summed E-state index contributed by atoms with van der Waals surface area (Å²) in [5, 5.41) is 0. The van der Waals surface area contributed by atoms with Gasteiger partial charge in [0.2, 0.25) is 0 Å². The summed E-state index contributed by atoms with van der Waals surface area (Å²) in [6, 6.07) is 8.46. The molecule has 3 fully saturated rings. The number of ether oxygens (including phenoxy) is 5. The van der Waals surface area contributed by atoms with E-state index in [1.165, 1.54) is 64.2 Å². The summed E-state index contributed by atoms with van der Waals surface area (Å²) in [5.41, 5.74) is 0.720. The van der Waals surface area contributed by atoms with E-state index in [1.54, 1.807) is 6.92 Å². The smallest absolute Gasteiger partial charge is 0.338 e. The average molecular weight is 1000 g/mol. The average Bonchev–Trinajstić information content (AvgIpc) is 3.53. The fourth-order valence-corrected chi connectivity index (χ4v) is 17.4. The summed E-state index contributed by atoms with van der Waals surface area (Å²) in [6.07, 6.45) is 26.7. The molecule has 1 heterocycles. The number of carbonyl (C=O) groups excluding carboxylic acids is 4. The molecule has 2 aliphatic carbocycles. The van der Waals surface area contributed by atoms with Gasteiger partial charge < -0.3 is 31.9 Å². The Morgan fingerprint density at radius 2 is 1.44 bits per heavy atom. The van der Waals surface area contributed by atoms with E-state index in [9.17, 15) is 19.2 Å². The van der Waals surface area contributed by atoms with Crippen molar-refractivity contribution in [1.82, 2.24) is 0 Å². The third kappa shape index (κ3) is 22.5. The quantitative estimate of drug-likeness (QED) is 0.0231. The van der Waals surface area contributed by atoms with E-state index >= 15 is 0 Å². The second-order valence-electron chi connectivity index (χ2n) is 21.6. The summed E-state index contributed by atoms with van der Waals surface area (Å²) in [6.45, 7) is 14.6. The van der Waals surface area contributed by atoms with Crippen LogP contribution in [0.2, 0.25) is 11.6 Å². The lowest BCUT2D eigenvalue weighted by Crippen LogP contribution is -2.32. The molecule has 0 spiro atoms. The molecule has 0 bridgehead atoms. The molecule has 2 saturated carbocycles. The lowest BCUT2D eigenvalue weighted by atomic mass is 9.70. The zero-order valence-corrected chi connectivity index (χ0v) is 47.9. The Balaban J connectivity index is 1.02. The molecule has 11 nitrogen and oxygen atoms in total. The highest BCUT2D eigenvalue weighted by atomic mass is 28.4. The molecule has 0 radical (unpaired) electrons. The fraction of sp³-hybridized carbons (Fsp3) is 0.778. The maximum Gasteiger partial charge on any atom is 0.338 e. The van der Waals surface area contributed by atoms with Gasteiger partial charge in [0.25, 0.3) is 10.0 Å². The molecular formula is C54H92O11Si3. The zero-order chi connectivity index (χ0) is 49.2. The molecule has 0 N–H and O–H groups in total. The molecule has 68 heavy (non-hydrogen) atoms. The van der Waals surface area contributed by atoms with Crippen molar-refractivity contribution in [3.63, 3.8) is 0 Å². The Morgan fingerprint density at radius 3 is 2.10 bits per heavy atom. The maximum atomic E-state index is 13.1. The first-order chi connectivity index (χ1) is 32.8. The van der Waals surface area contributed by atoms with E-state index in [0.29, 0.717) is 59.1 Å². The van der Waals surface area contributed by atoms with E-state index in [1.807, 2.05) is 45.0 Å². The predicted octanol–water partition coefficient (Wildman–Crippen LogP) is 10.8. The van der Waals surface area contributed by atoms with Crippen molar-refractivity contribution in [3.05, 3.63) is 42.0 Å². The number of hydrogen-bond acceptors (Lipinski definition) is 11. The fourth-order valence-electron chi connectivity index (χ4n) is 10.7. The SMILES string of the molecule is C=C(C)C(=O)OCC(C)(C)COC(=O)C(C)CC1CC(CCC(=O)OCCCCCCCCOc2ccc(C(=O)O[C@H]3CC[C@H]([C@H]4CC[C@H](CCCCC)CC4)CC3)cc2)CCC[SiH]1O[SiH2]O[SiH3]. The van der Waals surface area contributed by atoms with Gasteiger partial charge in [-0.25, -0.2) is 9.59 Å². The summed E-state index contributed by atoms with van der Waals surface area (Å²) in [7, 11) is -1.91. The van der Waals surface area contributed by atoms with Gasteiger partial charge in [0.15, 0.2) is 9.04 Å². The van der Waals surface area contributed by atoms with E-state index < -0.39 is 30.4 Å². The molecule has 386 valence electrons. The summed E-state index contributed by atoms with van der Waals surface area (Å²) < 4.78 is 40.6. The Morgan fingerprint density at radius 1 is 0.794 bits per heavy atom. The molecular weight excluding hydrogens is 909 g/mol. The number of esters is 4. The Bertz CT molecular complexity index is 1620. The molecule has 0 amide bonds. The minimum atomic E-state index is -1.60. The minimum Gasteiger partial charge on any atom is -0.494 e. The van der Waals surface area contributed by atoms with E-state index in [4.69, 9.17) is 31.9 Å². The molecule has 4 unspecified atom stereocenters. The largest absolute Gasteiger partial charge is 0.494 e. The van der Waals surface area contributed by atoms with Crippen LogP contribution in [0.1, 0.15) is 199 Å². The predicted molar refractivity (Wildman–Crippen MR) is 279 cm³/mol. The van der Waals surface area contributed by atoms with Crippen LogP contribution < -0.4 is 4.74 Å². The van der Waals surface area contributed by atoms with Gasteiger partial charge in [-0.1, -0.05) is 111 Å². The number of rotatable bonds is 31. The van der Waals surface area contributed by atoms with Crippen LogP contribution in [-0.4, -0.2) is 85.9 Å². The molecule has 4 rings (SSSR count). The van der Waals surface area contributed by atoms with Crippen molar-refractivity contribution < 1.29 is 51.1 Å². The van der Waals surface area contributed by atoms with Crippen molar-refractivity contribution in [2.24, 2.45) is 35.0 Å². The Hall–Kier alpha value is -2.79. The van der Waals surface area contributed by atoms with Gasteiger partial charge in [-0.3, -0.25) is 9.59 Å². The summed E-state index contributed by atoms with van der Waals surface area (Å²) in [5.74, 6) is 2.49. The second-order valence-corrected chi connectivity index (χ2v) is 28.1. The first-order valence-electron chi connectivity index (χ1n) is 27.0. The van der Waals surface area contributed by atoms with Gasteiger partial charge in [-0.15, -0.1) is 0 Å². The Kier molecular flexibility index (Phi) is 27.4. The van der Waals surface area contributed by atoms with Crippen LogP contribution in [0.5, 0.6) is 5.75 Å². The molecule has 0 aromatic heterocycles. The highest BCUT2D eigenvalue weighted by Gasteiger charge is 2.35. The normalized spacial score (nSPS) is 23.9. The van der Waals surface area contributed by atoms with Crippen LogP contribution in [0.15, 0.2) is 36.4 Å². The van der Waals surface area contributed by atoms with Gasteiger partial charge in [0.05, 0.1) is 37.9 Å². The number of hydrogen-bond donors (Lipinski definition) is 0. The topological polar surface area (TPSA) is 133 Å². The zero-order valence-electron chi connectivity index (χ0n) is 43.3. The molecule has 14 heteroatoms. The van der Waals surface area contributed by atoms with Crippen molar-refractivity contribution in [3.8, 4) is 5.75 Å². The molecule has 4 atom stereocenters. The van der Waals surface area contributed by atoms with Crippen molar-refractivity contribution in [2.75, 3.05) is 26.4 Å². The number of benzene rings is 1. The third-order valence-electron chi connectivity index (χ3n) is 15.0. The van der Waals surface area contributed by atoms with E-state index in [2.05, 4.69) is 13.5 Å².